The molecule has 0 aromatic heterocycles. The molecule has 1 atom stereocenters. The second-order valence-corrected chi connectivity index (χ2v) is 2.82. The third kappa shape index (κ3) is 2.08. The van der Waals surface area contributed by atoms with E-state index in [1.807, 2.05) is 13.8 Å². The van der Waals surface area contributed by atoms with E-state index in [1.54, 1.807) is 0 Å². The molecule has 0 amide bonds. The van der Waals surface area contributed by atoms with Gasteiger partial charge in [-0.05, 0) is 5.92 Å². The molecule has 0 rings (SSSR count). The average molecular weight is 145 g/mol. The van der Waals surface area contributed by atoms with Crippen molar-refractivity contribution in [2.24, 2.45) is 11.7 Å². The van der Waals surface area contributed by atoms with Gasteiger partial charge in [0.05, 0.1) is 12.1 Å². The quantitative estimate of drug-likeness (QED) is 0.574. The maximum atomic E-state index is 10.5. The second-order valence-electron chi connectivity index (χ2n) is 2.82. The fourth-order valence-electron chi connectivity index (χ4n) is 0.587. The Morgan fingerprint density at radius 2 is 2.20 bits per heavy atom. The summed E-state index contributed by atoms with van der Waals surface area (Å²) in [6, 6.07) is 0. The number of rotatable bonds is 4. The highest BCUT2D eigenvalue weighted by Crippen LogP contribution is 2.10. The van der Waals surface area contributed by atoms with Crippen LogP contribution in [0.2, 0.25) is 0 Å². The van der Waals surface area contributed by atoms with E-state index in [9.17, 15) is 4.79 Å². The van der Waals surface area contributed by atoms with Gasteiger partial charge < -0.3 is 15.3 Å². The average Bonchev–Trinajstić information content (AvgIpc) is 1.88. The van der Waals surface area contributed by atoms with Crippen molar-refractivity contribution in [3.63, 3.8) is 0 Å². The summed E-state index contributed by atoms with van der Waals surface area (Å²) in [5.74, 6) is 0.116. The Balaban J connectivity index is 4.08. The summed E-state index contributed by atoms with van der Waals surface area (Å²) in [6.07, 6.45) is 0.751. The molecule has 0 heterocycles. The van der Waals surface area contributed by atoms with Crippen LogP contribution in [0.1, 0.15) is 13.8 Å². The smallest absolute Gasteiger partial charge is 0.142 e. The lowest BCUT2D eigenvalue weighted by molar-refractivity contribution is -0.115. The van der Waals surface area contributed by atoms with Crippen LogP contribution in [0.15, 0.2) is 0 Å². The molecule has 0 saturated carbocycles. The lowest BCUT2D eigenvalue weighted by Gasteiger charge is -2.25. The summed E-state index contributed by atoms with van der Waals surface area (Å²) in [7, 11) is 1.54. The molecule has 0 spiro atoms. The molecule has 0 aromatic carbocycles. The number of carbonyl (C=O) groups excluding carboxylic acids is 1. The number of carbonyl (C=O) groups is 1. The Morgan fingerprint density at radius 3 is 2.30 bits per heavy atom. The van der Waals surface area contributed by atoms with Crippen LogP contribution in [0.25, 0.3) is 0 Å². The predicted molar refractivity (Wildman–Crippen MR) is 39.7 cm³/mol. The highest BCUT2D eigenvalue weighted by Gasteiger charge is 2.28. The van der Waals surface area contributed by atoms with Crippen molar-refractivity contribution in [3.05, 3.63) is 0 Å². The first-order valence-corrected chi connectivity index (χ1v) is 3.31. The molecule has 3 nitrogen and oxygen atoms in total. The van der Waals surface area contributed by atoms with Crippen LogP contribution in [0.3, 0.4) is 0 Å². The minimum atomic E-state index is -0.811. The lowest BCUT2D eigenvalue weighted by atomic mass is 9.90. The van der Waals surface area contributed by atoms with Gasteiger partial charge in [0.15, 0.2) is 0 Å². The largest absolute Gasteiger partial charge is 0.382 e. The monoisotopic (exact) mass is 145 g/mol. The zero-order valence-electron chi connectivity index (χ0n) is 6.76. The van der Waals surface area contributed by atoms with E-state index >= 15 is 0 Å². The Bertz CT molecular complexity index is 114. The summed E-state index contributed by atoms with van der Waals surface area (Å²) in [5.41, 5.74) is 4.85. The zero-order chi connectivity index (χ0) is 8.20. The van der Waals surface area contributed by atoms with Crippen LogP contribution in [-0.2, 0) is 9.53 Å². The van der Waals surface area contributed by atoms with Crippen molar-refractivity contribution >= 4 is 6.29 Å². The predicted octanol–water partition coefficient (Wildman–Crippen LogP) is 0.185. The fraction of sp³-hybridized carbons (Fsp3) is 0.857. The SMILES string of the molecule is COCC(N)(C=O)C(C)C. The van der Waals surface area contributed by atoms with Crippen LogP contribution >= 0.6 is 0 Å². The van der Waals surface area contributed by atoms with E-state index in [4.69, 9.17) is 10.5 Å². The fourth-order valence-corrected chi connectivity index (χ4v) is 0.587. The van der Waals surface area contributed by atoms with E-state index in [0.29, 0.717) is 0 Å². The molecule has 0 radical (unpaired) electrons. The Kier molecular flexibility index (Phi) is 3.53. The topological polar surface area (TPSA) is 52.3 Å². The third-order valence-corrected chi connectivity index (χ3v) is 1.69. The maximum absolute atomic E-state index is 10.5. The van der Waals surface area contributed by atoms with Crippen molar-refractivity contribution in [1.82, 2.24) is 0 Å². The minimum absolute atomic E-state index is 0.116. The van der Waals surface area contributed by atoms with Crippen LogP contribution in [0.5, 0.6) is 0 Å². The molecule has 2 N–H and O–H groups in total. The third-order valence-electron chi connectivity index (χ3n) is 1.69. The molecule has 0 aromatic rings. The Morgan fingerprint density at radius 1 is 1.70 bits per heavy atom. The Labute approximate surface area is 61.5 Å². The van der Waals surface area contributed by atoms with Gasteiger partial charge in [-0.2, -0.15) is 0 Å². The molecule has 0 aliphatic rings. The summed E-state index contributed by atoms with van der Waals surface area (Å²) in [6.45, 7) is 4.08. The van der Waals surface area contributed by atoms with Crippen LogP contribution < -0.4 is 5.73 Å². The number of nitrogens with two attached hydrogens (primary N) is 1. The standard InChI is InChI=1S/C7H15NO2/c1-6(2)7(8,4-9)5-10-3/h4,6H,5,8H2,1-3H3. The van der Waals surface area contributed by atoms with Crippen molar-refractivity contribution in [1.29, 1.82) is 0 Å². The molecule has 0 fully saturated rings. The van der Waals surface area contributed by atoms with Crippen molar-refractivity contribution in [2.75, 3.05) is 13.7 Å². The number of hydrogen-bond acceptors (Lipinski definition) is 3. The second kappa shape index (κ2) is 3.68. The minimum Gasteiger partial charge on any atom is -0.382 e. The Hall–Kier alpha value is -0.410. The number of hydrogen-bond donors (Lipinski definition) is 1. The first kappa shape index (κ1) is 9.59. The molecule has 0 saturated heterocycles. The lowest BCUT2D eigenvalue weighted by Crippen LogP contribution is -2.50. The maximum Gasteiger partial charge on any atom is 0.142 e. The molecule has 3 heteroatoms. The highest BCUT2D eigenvalue weighted by molar-refractivity contribution is 5.64. The number of aldehydes is 1. The van der Waals surface area contributed by atoms with Crippen LogP contribution in [-0.4, -0.2) is 25.5 Å². The van der Waals surface area contributed by atoms with Gasteiger partial charge in [0, 0.05) is 7.11 Å². The van der Waals surface area contributed by atoms with Crippen LogP contribution in [0, 0.1) is 5.92 Å². The molecule has 1 unspecified atom stereocenters. The molecular formula is C7H15NO2. The van der Waals surface area contributed by atoms with Gasteiger partial charge in [0.25, 0.3) is 0 Å². The van der Waals surface area contributed by atoms with Crippen LogP contribution in [0.4, 0.5) is 0 Å². The van der Waals surface area contributed by atoms with Gasteiger partial charge in [-0.1, -0.05) is 13.8 Å². The summed E-state index contributed by atoms with van der Waals surface area (Å²) in [5, 5.41) is 0. The van der Waals surface area contributed by atoms with Gasteiger partial charge >= 0.3 is 0 Å². The summed E-state index contributed by atoms with van der Waals surface area (Å²) in [4.78, 5) is 10.5. The van der Waals surface area contributed by atoms with Gasteiger partial charge in [-0.3, -0.25) is 0 Å². The molecule has 60 valence electrons. The summed E-state index contributed by atoms with van der Waals surface area (Å²) < 4.78 is 4.80. The molecular weight excluding hydrogens is 130 g/mol. The van der Waals surface area contributed by atoms with Crippen molar-refractivity contribution in [3.8, 4) is 0 Å². The van der Waals surface area contributed by atoms with Gasteiger partial charge in [-0.25, -0.2) is 0 Å². The number of ether oxygens (including phenoxy) is 1. The van der Waals surface area contributed by atoms with E-state index in [1.165, 1.54) is 7.11 Å². The first-order valence-electron chi connectivity index (χ1n) is 3.31. The number of methoxy groups -OCH3 is 1. The highest BCUT2D eigenvalue weighted by atomic mass is 16.5. The van der Waals surface area contributed by atoms with E-state index in [-0.39, 0.29) is 12.5 Å². The zero-order valence-corrected chi connectivity index (χ0v) is 6.76. The first-order chi connectivity index (χ1) is 4.56. The van der Waals surface area contributed by atoms with Gasteiger partial charge in [0.2, 0.25) is 0 Å². The summed E-state index contributed by atoms with van der Waals surface area (Å²) >= 11 is 0. The molecule has 10 heavy (non-hydrogen) atoms. The van der Waals surface area contributed by atoms with Gasteiger partial charge in [-0.15, -0.1) is 0 Å². The van der Waals surface area contributed by atoms with Gasteiger partial charge in [0.1, 0.15) is 6.29 Å². The molecule has 0 aliphatic carbocycles. The normalized spacial score (nSPS) is 16.9. The van der Waals surface area contributed by atoms with E-state index in [0.717, 1.165) is 6.29 Å². The van der Waals surface area contributed by atoms with Crippen molar-refractivity contribution < 1.29 is 9.53 Å². The van der Waals surface area contributed by atoms with E-state index < -0.39 is 5.54 Å². The van der Waals surface area contributed by atoms with Crippen molar-refractivity contribution in [2.45, 2.75) is 19.4 Å². The van der Waals surface area contributed by atoms with E-state index in [2.05, 4.69) is 0 Å². The molecule has 0 aliphatic heterocycles. The molecule has 0 bridgehead atoms.